The number of likely N-dealkylation sites (tertiary alicyclic amines) is 1. The average Bonchev–Trinajstić information content (AvgIpc) is 2.18. The molecule has 0 bridgehead atoms. The molecule has 4 heteroatoms. The van der Waals surface area contributed by atoms with Crippen LogP contribution in [0.15, 0.2) is 0 Å². The van der Waals surface area contributed by atoms with E-state index in [9.17, 15) is 0 Å². The molecule has 0 radical (unpaired) electrons. The van der Waals surface area contributed by atoms with Gasteiger partial charge in [-0.1, -0.05) is 0 Å². The van der Waals surface area contributed by atoms with Crippen LogP contribution in [0.1, 0.15) is 12.8 Å². The molecule has 4 nitrogen and oxygen atoms in total. The monoisotopic (exact) mass is 213 g/mol. The number of hydrogen-bond donors (Lipinski definition) is 1. The lowest BCUT2D eigenvalue weighted by Gasteiger charge is -2.42. The third kappa shape index (κ3) is 3.14. The Morgan fingerprint density at radius 3 is 2.67 bits per heavy atom. The van der Waals surface area contributed by atoms with Crippen molar-refractivity contribution in [3.05, 3.63) is 0 Å². The molecule has 0 aromatic carbocycles. The Morgan fingerprint density at radius 1 is 1.27 bits per heavy atom. The predicted molar refractivity (Wildman–Crippen MR) is 60.9 cm³/mol. The molecule has 2 rings (SSSR count). The average molecular weight is 213 g/mol. The van der Waals surface area contributed by atoms with Gasteiger partial charge in [-0.05, 0) is 26.4 Å². The van der Waals surface area contributed by atoms with Gasteiger partial charge in [-0.2, -0.15) is 0 Å². The van der Waals surface area contributed by atoms with Gasteiger partial charge in [-0.15, -0.1) is 0 Å². The third-order valence-corrected chi connectivity index (χ3v) is 3.44. The first kappa shape index (κ1) is 11.3. The number of likely N-dealkylation sites (N-methyl/N-ethyl adjacent to an activating group) is 1. The number of nitrogens with two attached hydrogens (primary N) is 1. The van der Waals surface area contributed by atoms with Crippen LogP contribution in [0.2, 0.25) is 0 Å². The fourth-order valence-electron chi connectivity index (χ4n) is 2.73. The van der Waals surface area contributed by atoms with Gasteiger partial charge >= 0.3 is 0 Å². The van der Waals surface area contributed by atoms with E-state index >= 15 is 0 Å². The van der Waals surface area contributed by atoms with Crippen molar-refractivity contribution in [3.8, 4) is 0 Å². The number of ether oxygens (including phenoxy) is 1. The van der Waals surface area contributed by atoms with Crippen molar-refractivity contribution < 1.29 is 4.74 Å². The summed E-state index contributed by atoms with van der Waals surface area (Å²) in [5.74, 6) is 0. The Hall–Kier alpha value is -0.160. The van der Waals surface area contributed by atoms with E-state index in [1.54, 1.807) is 0 Å². The van der Waals surface area contributed by atoms with Crippen molar-refractivity contribution in [2.75, 3.05) is 53.0 Å². The number of morpholine rings is 1. The van der Waals surface area contributed by atoms with Gasteiger partial charge in [0.05, 0.1) is 13.2 Å². The quantitative estimate of drug-likeness (QED) is 0.686. The molecule has 1 unspecified atom stereocenters. The second-order valence-electron chi connectivity index (χ2n) is 5.09. The summed E-state index contributed by atoms with van der Waals surface area (Å²) < 4.78 is 5.35. The normalized spacial score (nSPS) is 35.6. The summed E-state index contributed by atoms with van der Waals surface area (Å²) in [6.07, 6.45) is 2.39. The molecule has 2 fully saturated rings. The summed E-state index contributed by atoms with van der Waals surface area (Å²) in [6, 6.07) is 0. The Balaban J connectivity index is 1.85. The molecular formula is C11H23N3O. The summed E-state index contributed by atoms with van der Waals surface area (Å²) in [5.41, 5.74) is 6.46. The van der Waals surface area contributed by atoms with Gasteiger partial charge in [0.25, 0.3) is 0 Å². The van der Waals surface area contributed by atoms with Crippen LogP contribution in [0.25, 0.3) is 0 Å². The van der Waals surface area contributed by atoms with Gasteiger partial charge in [0, 0.05) is 31.7 Å². The van der Waals surface area contributed by atoms with E-state index < -0.39 is 0 Å². The predicted octanol–water partition coefficient (Wildman–Crippen LogP) is -0.258. The minimum Gasteiger partial charge on any atom is -0.379 e. The van der Waals surface area contributed by atoms with Crippen molar-refractivity contribution in [3.63, 3.8) is 0 Å². The Morgan fingerprint density at radius 2 is 2.00 bits per heavy atom. The van der Waals surface area contributed by atoms with E-state index in [1.165, 1.54) is 13.0 Å². The Bertz CT molecular complexity index is 206. The Kier molecular flexibility index (Phi) is 3.61. The molecule has 15 heavy (non-hydrogen) atoms. The topological polar surface area (TPSA) is 41.7 Å². The maximum atomic E-state index is 6.46. The molecule has 0 saturated carbocycles. The summed E-state index contributed by atoms with van der Waals surface area (Å²) in [6.45, 7) is 7.08. The van der Waals surface area contributed by atoms with Crippen LogP contribution >= 0.6 is 0 Å². The minimum atomic E-state index is 0.00431. The van der Waals surface area contributed by atoms with E-state index in [0.717, 1.165) is 45.8 Å². The molecule has 2 aliphatic heterocycles. The van der Waals surface area contributed by atoms with Gasteiger partial charge < -0.3 is 15.4 Å². The molecule has 0 aliphatic carbocycles. The molecule has 0 spiro atoms. The fourth-order valence-corrected chi connectivity index (χ4v) is 2.73. The first-order chi connectivity index (χ1) is 7.18. The minimum absolute atomic E-state index is 0.00431. The standard InChI is InChI=1S/C11H23N3O/c1-13-4-2-3-11(12,9-13)10-14-5-7-15-8-6-14/h2-10,12H2,1H3. The highest BCUT2D eigenvalue weighted by Gasteiger charge is 2.32. The van der Waals surface area contributed by atoms with Gasteiger partial charge in [-0.3, -0.25) is 4.90 Å². The molecule has 2 aliphatic rings. The first-order valence-corrected chi connectivity index (χ1v) is 5.96. The van der Waals surface area contributed by atoms with Crippen molar-refractivity contribution in [1.82, 2.24) is 9.80 Å². The molecule has 2 N–H and O–H groups in total. The van der Waals surface area contributed by atoms with Gasteiger partial charge in [-0.25, -0.2) is 0 Å². The highest BCUT2D eigenvalue weighted by Crippen LogP contribution is 2.19. The summed E-state index contributed by atoms with van der Waals surface area (Å²) in [4.78, 5) is 4.80. The summed E-state index contributed by atoms with van der Waals surface area (Å²) in [5, 5.41) is 0. The molecule has 0 aromatic rings. The van der Waals surface area contributed by atoms with E-state index in [-0.39, 0.29) is 5.54 Å². The number of nitrogens with zero attached hydrogens (tertiary/aromatic N) is 2. The lowest BCUT2D eigenvalue weighted by molar-refractivity contribution is 0.0190. The molecule has 88 valence electrons. The van der Waals surface area contributed by atoms with Crippen LogP contribution in [0.4, 0.5) is 0 Å². The highest BCUT2D eigenvalue weighted by molar-refractivity contribution is 4.93. The number of hydrogen-bond acceptors (Lipinski definition) is 4. The van der Waals surface area contributed by atoms with E-state index in [1.807, 2.05) is 0 Å². The molecule has 2 heterocycles. The van der Waals surface area contributed by atoms with Gasteiger partial charge in [0.2, 0.25) is 0 Å². The van der Waals surface area contributed by atoms with Crippen LogP contribution in [0, 0.1) is 0 Å². The maximum Gasteiger partial charge on any atom is 0.0594 e. The Labute approximate surface area is 92.4 Å². The van der Waals surface area contributed by atoms with Crippen LogP contribution in [-0.2, 0) is 4.74 Å². The lowest BCUT2D eigenvalue weighted by atomic mass is 9.89. The van der Waals surface area contributed by atoms with Crippen molar-refractivity contribution in [2.45, 2.75) is 18.4 Å². The third-order valence-electron chi connectivity index (χ3n) is 3.44. The SMILES string of the molecule is CN1CCCC(N)(CN2CCOCC2)C1. The largest absolute Gasteiger partial charge is 0.379 e. The van der Waals surface area contributed by atoms with Crippen LogP contribution in [-0.4, -0.2) is 68.3 Å². The fraction of sp³-hybridized carbons (Fsp3) is 1.00. The molecular weight excluding hydrogens is 190 g/mol. The number of rotatable bonds is 2. The van der Waals surface area contributed by atoms with Crippen molar-refractivity contribution in [1.29, 1.82) is 0 Å². The van der Waals surface area contributed by atoms with Crippen LogP contribution in [0.3, 0.4) is 0 Å². The zero-order valence-electron chi connectivity index (χ0n) is 9.74. The zero-order valence-corrected chi connectivity index (χ0v) is 9.74. The summed E-state index contributed by atoms with van der Waals surface area (Å²) in [7, 11) is 2.17. The van der Waals surface area contributed by atoms with Crippen LogP contribution in [0.5, 0.6) is 0 Å². The molecule has 0 aromatic heterocycles. The van der Waals surface area contributed by atoms with Gasteiger partial charge in [0.15, 0.2) is 0 Å². The summed E-state index contributed by atoms with van der Waals surface area (Å²) >= 11 is 0. The number of piperidine rings is 1. The molecule has 1 atom stereocenters. The highest BCUT2D eigenvalue weighted by atomic mass is 16.5. The maximum absolute atomic E-state index is 6.46. The van der Waals surface area contributed by atoms with Crippen molar-refractivity contribution in [2.24, 2.45) is 5.73 Å². The van der Waals surface area contributed by atoms with Crippen LogP contribution < -0.4 is 5.73 Å². The second kappa shape index (κ2) is 4.78. The zero-order chi connectivity index (χ0) is 10.7. The van der Waals surface area contributed by atoms with E-state index in [0.29, 0.717) is 0 Å². The van der Waals surface area contributed by atoms with E-state index in [2.05, 4.69) is 16.8 Å². The first-order valence-electron chi connectivity index (χ1n) is 5.96. The second-order valence-corrected chi connectivity index (χ2v) is 5.09. The molecule has 0 amide bonds. The van der Waals surface area contributed by atoms with E-state index in [4.69, 9.17) is 10.5 Å². The van der Waals surface area contributed by atoms with Crippen molar-refractivity contribution >= 4 is 0 Å². The molecule has 2 saturated heterocycles. The smallest absolute Gasteiger partial charge is 0.0594 e. The lowest BCUT2D eigenvalue weighted by Crippen LogP contribution is -2.60. The van der Waals surface area contributed by atoms with Gasteiger partial charge in [0.1, 0.15) is 0 Å².